The maximum absolute atomic E-state index is 12.9. The molecule has 3 aromatic carbocycles. The van der Waals surface area contributed by atoms with Gasteiger partial charge in [-0.05, 0) is 71.2 Å². The molecule has 2 aromatic heterocycles. The van der Waals surface area contributed by atoms with Crippen LogP contribution in [-0.2, 0) is 17.5 Å². The summed E-state index contributed by atoms with van der Waals surface area (Å²) < 4.78 is 51.4. The normalized spacial score (nSPS) is 16.4. The van der Waals surface area contributed by atoms with Crippen LogP contribution in [0.3, 0.4) is 0 Å². The molecule has 0 saturated carbocycles. The molecule has 8 nitrogen and oxygen atoms in total. The molecular weight excluding hydrogens is 619 g/mol. The van der Waals surface area contributed by atoms with Gasteiger partial charge in [0.2, 0.25) is 5.88 Å². The lowest BCUT2D eigenvalue weighted by atomic mass is 9.90. The number of alkyl halides is 3. The smallest absolute Gasteiger partial charge is 0.417 e. The fourth-order valence-electron chi connectivity index (χ4n) is 6.57. The number of aryl methyl sites for hydroxylation is 1. The quantitative estimate of drug-likeness (QED) is 0.161. The standard InChI is InChI=1S/C37H34F3N5O3/c1-23-29(36(46)41-15-16-47-2)12-13-33-32(23)22-45(43-33)21-24-19-44(20-24)35-30-6-4-3-5-26(30)17-31(35)25-7-10-28(11-8-25)48-34-14-9-27(18-42-34)37(38,39)40/h3-14,17-18,22,24,35H,15-16,19-21H2,1-2H3,(H,41,46). The zero-order valence-electron chi connectivity index (χ0n) is 26.5. The summed E-state index contributed by atoms with van der Waals surface area (Å²) in [5, 5.41) is 8.68. The van der Waals surface area contributed by atoms with E-state index in [-0.39, 0.29) is 17.8 Å². The van der Waals surface area contributed by atoms with Crippen LogP contribution in [0.5, 0.6) is 11.6 Å². The fourth-order valence-corrected chi connectivity index (χ4v) is 6.57. The summed E-state index contributed by atoms with van der Waals surface area (Å²) in [4.78, 5) is 19.0. The third-order valence-electron chi connectivity index (χ3n) is 9.01. The summed E-state index contributed by atoms with van der Waals surface area (Å²) in [6.07, 6.45) is 0.592. The first-order chi connectivity index (χ1) is 23.2. The van der Waals surface area contributed by atoms with E-state index in [1.807, 2.05) is 60.3 Å². The van der Waals surface area contributed by atoms with Crippen molar-refractivity contribution in [1.29, 1.82) is 0 Å². The van der Waals surface area contributed by atoms with E-state index in [0.29, 0.717) is 30.4 Å². The van der Waals surface area contributed by atoms with E-state index >= 15 is 0 Å². The molecular formula is C37H34F3N5O3. The highest BCUT2D eigenvalue weighted by atomic mass is 19.4. The van der Waals surface area contributed by atoms with Crippen LogP contribution < -0.4 is 10.1 Å². The Bertz CT molecular complexity index is 1980. The van der Waals surface area contributed by atoms with Crippen molar-refractivity contribution in [2.24, 2.45) is 5.92 Å². The summed E-state index contributed by atoms with van der Waals surface area (Å²) in [5.41, 5.74) is 6.28. The predicted octanol–water partition coefficient (Wildman–Crippen LogP) is 7.15. The van der Waals surface area contributed by atoms with Crippen LogP contribution in [0.25, 0.3) is 22.6 Å². The maximum Gasteiger partial charge on any atom is 0.417 e. The number of aromatic nitrogens is 3. The first-order valence-corrected chi connectivity index (χ1v) is 15.8. The molecule has 246 valence electrons. The molecule has 1 fully saturated rings. The summed E-state index contributed by atoms with van der Waals surface area (Å²) >= 11 is 0. The van der Waals surface area contributed by atoms with Gasteiger partial charge >= 0.3 is 6.18 Å². The van der Waals surface area contributed by atoms with Gasteiger partial charge in [-0.3, -0.25) is 14.4 Å². The van der Waals surface area contributed by atoms with Gasteiger partial charge in [0.05, 0.1) is 23.7 Å². The van der Waals surface area contributed by atoms with Gasteiger partial charge in [0.25, 0.3) is 5.91 Å². The summed E-state index contributed by atoms with van der Waals surface area (Å²) in [6.45, 7) is 5.45. The first kappa shape index (κ1) is 31.6. The minimum atomic E-state index is -4.45. The molecule has 11 heteroatoms. The minimum Gasteiger partial charge on any atom is -0.439 e. The van der Waals surface area contributed by atoms with Crippen LogP contribution in [0.1, 0.15) is 44.2 Å². The highest BCUT2D eigenvalue weighted by Crippen LogP contribution is 2.46. The zero-order chi connectivity index (χ0) is 33.4. The summed E-state index contributed by atoms with van der Waals surface area (Å²) in [6, 6.07) is 22.0. The minimum absolute atomic E-state index is 0.0943. The Balaban J connectivity index is 1.02. The number of amides is 1. The molecule has 1 N–H and O–H groups in total. The van der Waals surface area contributed by atoms with Gasteiger partial charge in [-0.2, -0.15) is 18.3 Å². The largest absolute Gasteiger partial charge is 0.439 e. The number of likely N-dealkylation sites (tertiary alicyclic amines) is 1. The lowest BCUT2D eigenvalue weighted by Gasteiger charge is -2.44. The van der Waals surface area contributed by atoms with Gasteiger partial charge in [-0.1, -0.05) is 36.4 Å². The van der Waals surface area contributed by atoms with Gasteiger partial charge < -0.3 is 14.8 Å². The Kier molecular flexibility index (Phi) is 8.49. The van der Waals surface area contributed by atoms with Crippen molar-refractivity contribution in [1.82, 2.24) is 25.0 Å². The number of methoxy groups -OCH3 is 1. The molecule has 2 aliphatic rings. The molecule has 48 heavy (non-hydrogen) atoms. The van der Waals surface area contributed by atoms with Crippen molar-refractivity contribution in [3.05, 3.63) is 119 Å². The van der Waals surface area contributed by atoms with E-state index in [1.165, 1.54) is 22.8 Å². The number of halogens is 3. The van der Waals surface area contributed by atoms with Crippen LogP contribution in [-0.4, -0.2) is 58.9 Å². The third-order valence-corrected chi connectivity index (χ3v) is 9.01. The first-order valence-electron chi connectivity index (χ1n) is 15.8. The van der Waals surface area contributed by atoms with Crippen LogP contribution in [0.4, 0.5) is 13.2 Å². The number of fused-ring (bicyclic) bond motifs is 2. The Morgan fingerprint density at radius 2 is 1.81 bits per heavy atom. The average molecular weight is 654 g/mol. The average Bonchev–Trinajstić information content (AvgIpc) is 3.65. The molecule has 1 aliphatic carbocycles. The van der Waals surface area contributed by atoms with Gasteiger partial charge in [-0.25, -0.2) is 4.98 Å². The molecule has 3 heterocycles. The van der Waals surface area contributed by atoms with E-state index in [9.17, 15) is 18.0 Å². The van der Waals surface area contributed by atoms with Crippen LogP contribution in [0.2, 0.25) is 0 Å². The van der Waals surface area contributed by atoms with Crippen molar-refractivity contribution < 1.29 is 27.4 Å². The Hall–Kier alpha value is -5.00. The Labute approximate surface area is 275 Å². The van der Waals surface area contributed by atoms with E-state index in [0.717, 1.165) is 53.9 Å². The van der Waals surface area contributed by atoms with E-state index in [1.54, 1.807) is 7.11 Å². The number of hydrogen-bond donors (Lipinski definition) is 1. The second-order valence-corrected chi connectivity index (χ2v) is 12.2. The van der Waals surface area contributed by atoms with Gasteiger partial charge in [0, 0.05) is 68.6 Å². The Morgan fingerprint density at radius 1 is 1.02 bits per heavy atom. The van der Waals surface area contributed by atoms with Gasteiger partial charge in [0.1, 0.15) is 5.75 Å². The molecule has 0 bridgehead atoms. The van der Waals surface area contributed by atoms with Crippen LogP contribution in [0, 0.1) is 12.8 Å². The molecule has 1 saturated heterocycles. The Morgan fingerprint density at radius 3 is 2.54 bits per heavy atom. The second-order valence-electron chi connectivity index (χ2n) is 12.2. The number of benzene rings is 3. The SMILES string of the molecule is COCCNC(=O)c1ccc2nn(CC3CN(C4C(c5ccc(Oc6ccc(C(F)(F)F)cn6)cc5)=Cc5ccccc54)C3)cc2c1C. The number of carbonyl (C=O) groups excluding carboxylic acids is 1. The lowest BCUT2D eigenvalue weighted by molar-refractivity contribution is -0.137. The molecule has 0 radical (unpaired) electrons. The topological polar surface area (TPSA) is 81.5 Å². The highest BCUT2D eigenvalue weighted by molar-refractivity contribution is 6.00. The van der Waals surface area contributed by atoms with Crippen molar-refractivity contribution in [3.8, 4) is 11.6 Å². The van der Waals surface area contributed by atoms with Crippen LogP contribution in [0.15, 0.2) is 85.2 Å². The summed E-state index contributed by atoms with van der Waals surface area (Å²) in [5.74, 6) is 0.880. The molecule has 1 unspecified atom stereocenters. The van der Waals surface area contributed by atoms with Crippen LogP contribution >= 0.6 is 0 Å². The van der Waals surface area contributed by atoms with E-state index in [2.05, 4.69) is 39.5 Å². The van der Waals surface area contributed by atoms with Crippen molar-refractivity contribution >= 4 is 28.5 Å². The number of pyridine rings is 1. The molecule has 7 rings (SSSR count). The molecule has 5 aromatic rings. The fraction of sp³-hybridized carbons (Fsp3) is 0.270. The highest BCUT2D eigenvalue weighted by Gasteiger charge is 2.38. The third kappa shape index (κ3) is 6.31. The summed E-state index contributed by atoms with van der Waals surface area (Å²) in [7, 11) is 1.60. The van der Waals surface area contributed by atoms with Gasteiger partial charge in [-0.15, -0.1) is 0 Å². The number of hydrogen-bond acceptors (Lipinski definition) is 6. The molecule has 1 atom stereocenters. The van der Waals surface area contributed by atoms with Crippen molar-refractivity contribution in [2.45, 2.75) is 25.7 Å². The monoisotopic (exact) mass is 653 g/mol. The number of nitrogens with zero attached hydrogens (tertiary/aromatic N) is 4. The van der Waals surface area contributed by atoms with Crippen molar-refractivity contribution in [3.63, 3.8) is 0 Å². The molecule has 0 spiro atoms. The van der Waals surface area contributed by atoms with Gasteiger partial charge in [0.15, 0.2) is 0 Å². The number of carbonyl (C=O) groups is 1. The number of ether oxygens (including phenoxy) is 2. The second kappa shape index (κ2) is 12.9. The maximum atomic E-state index is 12.9. The number of rotatable bonds is 10. The molecule has 1 amide bonds. The lowest BCUT2D eigenvalue weighted by Crippen LogP contribution is -2.50. The van der Waals surface area contributed by atoms with E-state index < -0.39 is 11.7 Å². The number of nitrogens with one attached hydrogen (secondary N) is 1. The predicted molar refractivity (Wildman–Crippen MR) is 177 cm³/mol. The molecule has 1 aliphatic heterocycles. The zero-order valence-corrected chi connectivity index (χ0v) is 26.5. The van der Waals surface area contributed by atoms with E-state index in [4.69, 9.17) is 14.6 Å². The van der Waals surface area contributed by atoms with Crippen molar-refractivity contribution in [2.75, 3.05) is 33.4 Å².